The fourth-order valence-electron chi connectivity index (χ4n) is 14.1. The molecule has 5 atom stereocenters. The summed E-state index contributed by atoms with van der Waals surface area (Å²) in [6.45, 7) is 9.67. The van der Waals surface area contributed by atoms with E-state index in [2.05, 4.69) is 41.5 Å². The summed E-state index contributed by atoms with van der Waals surface area (Å²) in [5.74, 6) is -0.585. The molecule has 0 aliphatic carbocycles. The van der Waals surface area contributed by atoms with E-state index >= 15 is 0 Å². The Morgan fingerprint density at radius 3 is 0.624 bits per heavy atom. The molecule has 648 valence electrons. The summed E-state index contributed by atoms with van der Waals surface area (Å²) in [7, 11) is -9.93. The van der Waals surface area contributed by atoms with Crippen LogP contribution in [0.15, 0.2) is 0 Å². The molecule has 0 saturated carbocycles. The first-order chi connectivity index (χ1) is 52.9. The van der Waals surface area contributed by atoms with Crippen LogP contribution in [0, 0.1) is 11.8 Å². The third-order valence-electron chi connectivity index (χ3n) is 21.2. The highest BCUT2D eigenvalue weighted by atomic mass is 31.2. The van der Waals surface area contributed by atoms with Gasteiger partial charge in [-0.2, -0.15) is 0 Å². The van der Waals surface area contributed by atoms with E-state index in [4.69, 9.17) is 37.0 Å². The van der Waals surface area contributed by atoms with Crippen LogP contribution in [0.5, 0.6) is 0 Å². The number of aliphatic hydroxyl groups excluding tert-OH is 1. The van der Waals surface area contributed by atoms with E-state index in [1.807, 2.05) is 0 Å². The van der Waals surface area contributed by atoms with Gasteiger partial charge in [-0.05, 0) is 37.5 Å². The molecule has 0 fully saturated rings. The minimum absolute atomic E-state index is 0.108. The van der Waals surface area contributed by atoms with E-state index in [1.165, 1.54) is 295 Å². The Kier molecular flexibility index (Phi) is 79.8. The second-order valence-corrected chi connectivity index (χ2v) is 36.2. The van der Waals surface area contributed by atoms with Crippen molar-refractivity contribution >= 4 is 39.5 Å². The van der Waals surface area contributed by atoms with Crippen molar-refractivity contribution in [2.45, 2.75) is 503 Å². The summed E-state index contributed by atoms with van der Waals surface area (Å²) in [4.78, 5) is 73.3. The van der Waals surface area contributed by atoms with Gasteiger partial charge in [-0.25, -0.2) is 9.13 Å². The molecule has 109 heavy (non-hydrogen) atoms. The lowest BCUT2D eigenvalue weighted by molar-refractivity contribution is -0.161. The van der Waals surface area contributed by atoms with Crippen molar-refractivity contribution in [3.8, 4) is 0 Å². The Bertz CT molecular complexity index is 2080. The molecule has 0 aromatic heterocycles. The monoisotopic (exact) mass is 1590 g/mol. The normalized spacial score (nSPS) is 13.8. The number of esters is 4. The first-order valence-corrected chi connectivity index (χ1v) is 49.5. The van der Waals surface area contributed by atoms with Gasteiger partial charge < -0.3 is 33.8 Å². The van der Waals surface area contributed by atoms with Crippen LogP contribution in [0.4, 0.5) is 0 Å². The van der Waals surface area contributed by atoms with E-state index in [0.29, 0.717) is 31.6 Å². The SMILES string of the molecule is CCCCCCCCCCCCCCCCCCCCCCC(=O)OC[C@H](COP(=O)(O)OC[C@@H](O)COP(=O)(O)OC[C@@H](COC(=O)CCCCCCCCCC(C)C)OC(=O)CCCCCCCCCCCCCCCCCCC(C)C)OC(=O)CCCCCCCCCCCCCCCCCCCCCC. The van der Waals surface area contributed by atoms with Crippen LogP contribution in [-0.2, 0) is 65.4 Å². The predicted molar refractivity (Wildman–Crippen MR) is 451 cm³/mol. The molecule has 19 heteroatoms. The molecular formula is C90H176O17P2. The van der Waals surface area contributed by atoms with E-state index in [9.17, 15) is 43.2 Å². The maximum Gasteiger partial charge on any atom is 0.472 e. The first-order valence-electron chi connectivity index (χ1n) is 46.5. The number of ether oxygens (including phenoxy) is 4. The van der Waals surface area contributed by atoms with Crippen molar-refractivity contribution in [3.05, 3.63) is 0 Å². The van der Waals surface area contributed by atoms with Crippen molar-refractivity contribution in [1.29, 1.82) is 0 Å². The maximum atomic E-state index is 13.2. The van der Waals surface area contributed by atoms with Gasteiger partial charge in [0.15, 0.2) is 12.2 Å². The standard InChI is InChI=1S/C90H176O17P2/c1-7-9-11-13-15-17-19-21-23-25-27-29-31-36-40-44-48-54-60-66-72-87(92)100-78-85(106-89(94)74-68-62-55-49-45-41-37-32-30-28-26-24-22-20-18-16-14-12-10-8-2)80-104-108(96,97)102-76-84(91)77-103-109(98,99)105-81-86(79-101-88(93)73-67-61-57-51-53-59-65-71-83(5)6)107-90(95)75-69-63-56-50-46-42-38-34-33-35-39-43-47-52-58-64-70-82(3)4/h82-86,91H,7-81H2,1-6H3,(H,96,97)(H,98,99)/t84-,85-,86-/m1/s1. The van der Waals surface area contributed by atoms with Crippen LogP contribution < -0.4 is 0 Å². The highest BCUT2D eigenvalue weighted by Crippen LogP contribution is 2.45. The zero-order valence-electron chi connectivity index (χ0n) is 71.9. The first kappa shape index (κ1) is 107. The average Bonchev–Trinajstić information content (AvgIpc) is 0.898. The lowest BCUT2D eigenvalue weighted by atomic mass is 10.0. The van der Waals surface area contributed by atoms with E-state index < -0.39 is 97.5 Å². The third kappa shape index (κ3) is 83.8. The summed E-state index contributed by atoms with van der Waals surface area (Å²) >= 11 is 0. The Labute approximate surface area is 670 Å². The van der Waals surface area contributed by atoms with E-state index in [1.54, 1.807) is 0 Å². The summed E-state index contributed by atoms with van der Waals surface area (Å²) in [5.41, 5.74) is 0. The number of rotatable bonds is 89. The van der Waals surface area contributed by atoms with Crippen LogP contribution in [0.1, 0.15) is 485 Å². The van der Waals surface area contributed by atoms with Gasteiger partial charge in [0, 0.05) is 25.7 Å². The van der Waals surface area contributed by atoms with Gasteiger partial charge in [-0.15, -0.1) is 0 Å². The van der Waals surface area contributed by atoms with Gasteiger partial charge >= 0.3 is 39.5 Å². The zero-order valence-corrected chi connectivity index (χ0v) is 73.7. The van der Waals surface area contributed by atoms with Gasteiger partial charge in [0.05, 0.1) is 26.4 Å². The number of carbonyl (C=O) groups excluding carboxylic acids is 4. The molecule has 0 aromatic rings. The molecule has 0 amide bonds. The molecule has 0 spiro atoms. The molecule has 0 rings (SSSR count). The second-order valence-electron chi connectivity index (χ2n) is 33.3. The molecule has 0 bridgehead atoms. The van der Waals surface area contributed by atoms with Crippen molar-refractivity contribution in [2.75, 3.05) is 39.6 Å². The smallest absolute Gasteiger partial charge is 0.462 e. The minimum atomic E-state index is -4.97. The van der Waals surface area contributed by atoms with Crippen LogP contribution >= 0.6 is 15.6 Å². The number of hydrogen-bond acceptors (Lipinski definition) is 15. The van der Waals surface area contributed by atoms with Crippen molar-refractivity contribution in [1.82, 2.24) is 0 Å². The Morgan fingerprint density at radius 2 is 0.422 bits per heavy atom. The third-order valence-corrected chi connectivity index (χ3v) is 23.1. The second kappa shape index (κ2) is 81.2. The molecule has 0 saturated heterocycles. The van der Waals surface area contributed by atoms with Gasteiger partial charge in [-0.3, -0.25) is 37.3 Å². The lowest BCUT2D eigenvalue weighted by Gasteiger charge is -2.21. The molecule has 0 aromatic carbocycles. The molecular weight excluding hydrogens is 1410 g/mol. The molecule has 0 aliphatic rings. The number of carbonyl (C=O) groups is 4. The lowest BCUT2D eigenvalue weighted by Crippen LogP contribution is -2.30. The summed E-state index contributed by atoms with van der Waals surface area (Å²) < 4.78 is 69.0. The molecule has 3 N–H and O–H groups in total. The van der Waals surface area contributed by atoms with Gasteiger partial charge in [-0.1, -0.05) is 433 Å². The Balaban J connectivity index is 5.22. The van der Waals surface area contributed by atoms with Crippen molar-refractivity contribution in [3.63, 3.8) is 0 Å². The van der Waals surface area contributed by atoms with Gasteiger partial charge in [0.1, 0.15) is 19.3 Å². The molecule has 0 aliphatic heterocycles. The summed E-state index contributed by atoms with van der Waals surface area (Å²) in [5, 5.41) is 10.7. The van der Waals surface area contributed by atoms with Crippen LogP contribution in [0.25, 0.3) is 0 Å². The summed E-state index contributed by atoms with van der Waals surface area (Å²) in [6.07, 6.45) is 75.3. The fourth-order valence-corrected chi connectivity index (χ4v) is 15.7. The fraction of sp³-hybridized carbons (Fsp3) is 0.956. The van der Waals surface area contributed by atoms with Gasteiger partial charge in [0.25, 0.3) is 0 Å². The topological polar surface area (TPSA) is 237 Å². The Morgan fingerprint density at radius 1 is 0.248 bits per heavy atom. The maximum absolute atomic E-state index is 13.2. The van der Waals surface area contributed by atoms with E-state index in [-0.39, 0.29) is 25.7 Å². The number of phosphoric acid groups is 2. The molecule has 0 radical (unpaired) electrons. The summed E-state index contributed by atoms with van der Waals surface area (Å²) in [6, 6.07) is 0. The van der Waals surface area contributed by atoms with Crippen LogP contribution in [0.3, 0.4) is 0 Å². The minimum Gasteiger partial charge on any atom is -0.462 e. The highest BCUT2D eigenvalue weighted by molar-refractivity contribution is 7.47. The Hall–Kier alpha value is -1.94. The van der Waals surface area contributed by atoms with Crippen molar-refractivity contribution in [2.24, 2.45) is 11.8 Å². The number of aliphatic hydroxyl groups is 1. The number of unbranched alkanes of at least 4 members (excludes halogenated alkanes) is 59. The van der Waals surface area contributed by atoms with E-state index in [0.717, 1.165) is 102 Å². The van der Waals surface area contributed by atoms with Crippen LogP contribution in [-0.4, -0.2) is 96.7 Å². The molecule has 0 heterocycles. The zero-order chi connectivity index (χ0) is 79.9. The molecule has 17 nitrogen and oxygen atoms in total. The predicted octanol–water partition coefficient (Wildman–Crippen LogP) is 27.8. The molecule has 2 unspecified atom stereocenters. The van der Waals surface area contributed by atoms with Crippen molar-refractivity contribution < 1.29 is 80.2 Å². The number of phosphoric ester groups is 2. The quantitative estimate of drug-likeness (QED) is 0.0222. The average molecular weight is 1590 g/mol. The number of hydrogen-bond donors (Lipinski definition) is 3. The largest absolute Gasteiger partial charge is 0.472 e. The highest BCUT2D eigenvalue weighted by Gasteiger charge is 2.31. The van der Waals surface area contributed by atoms with Crippen LogP contribution in [0.2, 0.25) is 0 Å². The van der Waals surface area contributed by atoms with Gasteiger partial charge in [0.2, 0.25) is 0 Å².